The first-order valence-electron chi connectivity index (χ1n) is 1.74. The molecule has 0 unspecified atom stereocenters. The van der Waals surface area contributed by atoms with Crippen LogP contribution in [0.4, 0.5) is 0 Å². The standard InChI is InChI=1S/C3H6N2O2/c4-5-3(7)1-2-6/h2H,1,4H2,(H,5,7). The van der Waals surface area contributed by atoms with Crippen molar-refractivity contribution in [2.24, 2.45) is 5.84 Å². The molecule has 0 saturated carbocycles. The summed E-state index contributed by atoms with van der Waals surface area (Å²) >= 11 is 0. The van der Waals surface area contributed by atoms with Gasteiger partial charge in [-0.05, 0) is 0 Å². The van der Waals surface area contributed by atoms with Gasteiger partial charge in [0.2, 0.25) is 5.91 Å². The summed E-state index contributed by atoms with van der Waals surface area (Å²) in [5.41, 5.74) is 1.80. The summed E-state index contributed by atoms with van der Waals surface area (Å²) in [4.78, 5) is 19.4. The smallest absolute Gasteiger partial charge is 0.241 e. The van der Waals surface area contributed by atoms with Crippen molar-refractivity contribution in [3.05, 3.63) is 0 Å². The van der Waals surface area contributed by atoms with E-state index in [2.05, 4.69) is 5.84 Å². The molecule has 0 aliphatic rings. The van der Waals surface area contributed by atoms with Crippen molar-refractivity contribution >= 4 is 12.2 Å². The fourth-order valence-corrected chi connectivity index (χ4v) is 0.135. The Balaban J connectivity index is 3.17. The Bertz CT molecular complexity index is 81.0. The van der Waals surface area contributed by atoms with Crippen molar-refractivity contribution in [3.8, 4) is 0 Å². The van der Waals surface area contributed by atoms with E-state index in [9.17, 15) is 9.59 Å². The summed E-state index contributed by atoms with van der Waals surface area (Å²) in [6.45, 7) is 0. The highest BCUT2D eigenvalue weighted by Crippen LogP contribution is 1.64. The van der Waals surface area contributed by atoms with Crippen LogP contribution in [0.3, 0.4) is 0 Å². The minimum absolute atomic E-state index is 0.156. The third-order valence-electron chi connectivity index (χ3n) is 0.430. The number of hydrogen-bond acceptors (Lipinski definition) is 3. The average molecular weight is 102 g/mol. The molecule has 4 nitrogen and oxygen atoms in total. The fraction of sp³-hybridized carbons (Fsp3) is 0.333. The van der Waals surface area contributed by atoms with Gasteiger partial charge in [-0.3, -0.25) is 10.2 Å². The lowest BCUT2D eigenvalue weighted by Crippen LogP contribution is -2.29. The second kappa shape index (κ2) is 3.30. The maximum Gasteiger partial charge on any atom is 0.241 e. The Morgan fingerprint density at radius 1 is 1.86 bits per heavy atom. The molecule has 0 fully saturated rings. The highest BCUT2D eigenvalue weighted by atomic mass is 16.2. The molecule has 0 aromatic rings. The van der Waals surface area contributed by atoms with Crippen LogP contribution >= 0.6 is 0 Å². The van der Waals surface area contributed by atoms with Gasteiger partial charge < -0.3 is 4.79 Å². The molecular weight excluding hydrogens is 96.0 g/mol. The summed E-state index contributed by atoms with van der Waals surface area (Å²) in [6.07, 6.45) is 0.332. The topological polar surface area (TPSA) is 72.2 Å². The molecule has 0 saturated heterocycles. The SMILES string of the molecule is NNC(=O)CC=O. The molecule has 0 aromatic heterocycles. The van der Waals surface area contributed by atoms with Crippen molar-refractivity contribution in [3.63, 3.8) is 0 Å². The highest BCUT2D eigenvalue weighted by Gasteiger charge is 1.90. The van der Waals surface area contributed by atoms with E-state index in [-0.39, 0.29) is 6.42 Å². The molecule has 4 heteroatoms. The van der Waals surface area contributed by atoms with Crippen LogP contribution < -0.4 is 11.3 Å². The maximum atomic E-state index is 9.94. The molecule has 3 N–H and O–H groups in total. The molecule has 40 valence electrons. The third-order valence-corrected chi connectivity index (χ3v) is 0.430. The van der Waals surface area contributed by atoms with Crippen molar-refractivity contribution < 1.29 is 9.59 Å². The van der Waals surface area contributed by atoms with Gasteiger partial charge in [-0.15, -0.1) is 0 Å². The van der Waals surface area contributed by atoms with E-state index in [1.165, 1.54) is 0 Å². The van der Waals surface area contributed by atoms with E-state index in [4.69, 9.17) is 0 Å². The van der Waals surface area contributed by atoms with Gasteiger partial charge in [-0.1, -0.05) is 0 Å². The van der Waals surface area contributed by atoms with Crippen molar-refractivity contribution in [1.29, 1.82) is 0 Å². The summed E-state index contributed by atoms with van der Waals surface area (Å²) < 4.78 is 0. The van der Waals surface area contributed by atoms with Crippen LogP contribution in [0.5, 0.6) is 0 Å². The highest BCUT2D eigenvalue weighted by molar-refractivity contribution is 5.87. The second-order valence-corrected chi connectivity index (χ2v) is 0.938. The number of aldehydes is 1. The summed E-state index contributed by atoms with van der Waals surface area (Å²) in [7, 11) is 0. The molecule has 0 atom stereocenters. The third kappa shape index (κ3) is 2.92. The van der Waals surface area contributed by atoms with Gasteiger partial charge in [0.05, 0.1) is 6.42 Å². The van der Waals surface area contributed by atoms with Crippen LogP contribution in [0.1, 0.15) is 6.42 Å². The lowest BCUT2D eigenvalue weighted by molar-refractivity contribution is -0.123. The van der Waals surface area contributed by atoms with Crippen molar-refractivity contribution in [2.75, 3.05) is 0 Å². The van der Waals surface area contributed by atoms with Crippen molar-refractivity contribution in [2.45, 2.75) is 6.42 Å². The quantitative estimate of drug-likeness (QED) is 0.147. The van der Waals surface area contributed by atoms with E-state index in [1.54, 1.807) is 5.43 Å². The van der Waals surface area contributed by atoms with E-state index < -0.39 is 5.91 Å². The average Bonchev–Trinajstić information content (AvgIpc) is 1.68. The molecule has 0 spiro atoms. The monoisotopic (exact) mass is 102 g/mol. The Hall–Kier alpha value is -0.900. The van der Waals surface area contributed by atoms with Gasteiger partial charge in [0.25, 0.3) is 0 Å². The summed E-state index contributed by atoms with van der Waals surface area (Å²) in [5, 5.41) is 0. The van der Waals surface area contributed by atoms with Crippen LogP contribution in [-0.4, -0.2) is 12.2 Å². The molecule has 0 radical (unpaired) electrons. The zero-order valence-electron chi connectivity index (χ0n) is 3.68. The Labute approximate surface area is 40.7 Å². The molecule has 0 aromatic carbocycles. The zero-order chi connectivity index (χ0) is 5.70. The van der Waals surface area contributed by atoms with Gasteiger partial charge in [-0.2, -0.15) is 0 Å². The molecule has 0 bridgehead atoms. The van der Waals surface area contributed by atoms with Crippen LogP contribution in [0, 0.1) is 0 Å². The van der Waals surface area contributed by atoms with Crippen LogP contribution in [0.25, 0.3) is 0 Å². The van der Waals surface area contributed by atoms with E-state index in [0.29, 0.717) is 6.29 Å². The lowest BCUT2D eigenvalue weighted by Gasteiger charge is -1.86. The van der Waals surface area contributed by atoms with Crippen LogP contribution in [0.2, 0.25) is 0 Å². The van der Waals surface area contributed by atoms with Gasteiger partial charge >= 0.3 is 0 Å². The zero-order valence-corrected chi connectivity index (χ0v) is 3.68. The maximum absolute atomic E-state index is 9.94. The van der Waals surface area contributed by atoms with E-state index in [1.807, 2.05) is 0 Å². The van der Waals surface area contributed by atoms with Gasteiger partial charge in [-0.25, -0.2) is 5.84 Å². The lowest BCUT2D eigenvalue weighted by atomic mass is 10.5. The largest absolute Gasteiger partial charge is 0.303 e. The minimum atomic E-state index is -0.463. The van der Waals surface area contributed by atoms with E-state index >= 15 is 0 Å². The number of amides is 1. The normalized spacial score (nSPS) is 7.57. The number of rotatable bonds is 2. The Morgan fingerprint density at radius 3 is 2.57 bits per heavy atom. The minimum Gasteiger partial charge on any atom is -0.303 e. The molecule has 0 aliphatic heterocycles. The number of nitrogens with two attached hydrogens (primary N) is 1. The molecule has 0 aliphatic carbocycles. The predicted octanol–water partition coefficient (Wildman–Crippen LogP) is -1.43. The fourth-order valence-electron chi connectivity index (χ4n) is 0.135. The van der Waals surface area contributed by atoms with Gasteiger partial charge in [0.1, 0.15) is 6.29 Å². The van der Waals surface area contributed by atoms with Crippen molar-refractivity contribution in [1.82, 2.24) is 5.43 Å². The Morgan fingerprint density at radius 2 is 2.43 bits per heavy atom. The first-order chi connectivity index (χ1) is 3.31. The van der Waals surface area contributed by atoms with E-state index in [0.717, 1.165) is 0 Å². The first-order valence-corrected chi connectivity index (χ1v) is 1.74. The Kier molecular flexibility index (Phi) is 2.87. The second-order valence-electron chi connectivity index (χ2n) is 0.938. The summed E-state index contributed by atoms with van der Waals surface area (Å²) in [6, 6.07) is 0. The van der Waals surface area contributed by atoms with Crippen LogP contribution in [0.15, 0.2) is 0 Å². The predicted molar refractivity (Wildman–Crippen MR) is 23.0 cm³/mol. The van der Waals surface area contributed by atoms with Gasteiger partial charge in [0, 0.05) is 0 Å². The number of carbonyl (C=O) groups is 2. The molecule has 0 rings (SSSR count). The summed E-state index contributed by atoms with van der Waals surface area (Å²) in [5.74, 6) is 4.14. The number of carbonyl (C=O) groups excluding carboxylic acids is 2. The van der Waals surface area contributed by atoms with Crippen LogP contribution in [-0.2, 0) is 9.59 Å². The number of hydrogen-bond donors (Lipinski definition) is 2. The molecule has 7 heavy (non-hydrogen) atoms. The molecule has 1 amide bonds. The number of hydrazine groups is 1. The molecular formula is C3H6N2O2. The molecule has 0 heterocycles. The number of nitrogens with one attached hydrogen (secondary N) is 1. The first kappa shape index (κ1) is 6.10. The van der Waals surface area contributed by atoms with Gasteiger partial charge in [0.15, 0.2) is 0 Å².